The second-order valence-electron chi connectivity index (χ2n) is 26.9. The summed E-state index contributed by atoms with van der Waals surface area (Å²) in [7, 11) is -9.90. The summed E-state index contributed by atoms with van der Waals surface area (Å²) in [5.74, 6) is 0.817. The van der Waals surface area contributed by atoms with Gasteiger partial charge in [-0.05, 0) is 49.4 Å². The molecule has 0 aliphatic carbocycles. The van der Waals surface area contributed by atoms with E-state index in [2.05, 4.69) is 55.4 Å². The molecule has 0 radical (unpaired) electrons. The van der Waals surface area contributed by atoms with Crippen molar-refractivity contribution in [1.29, 1.82) is 0 Å². The van der Waals surface area contributed by atoms with Crippen LogP contribution in [0.5, 0.6) is 0 Å². The SMILES string of the molecule is CCC(C)CCCCCCCCC(=O)OC[C@H](COP(=O)(O)OC[C@H](O)COP(=O)(O)OC[C@@H](COC(=O)CCCCCCCCCCCCCCCCCC(C)C)OC(=O)CCCCCCCCCCC(C)C)OC(=O)CCCCCCCCCC(C)C. The third-order valence-electron chi connectivity index (χ3n) is 16.4. The summed E-state index contributed by atoms with van der Waals surface area (Å²) in [5.41, 5.74) is 0. The van der Waals surface area contributed by atoms with Crippen molar-refractivity contribution < 1.29 is 80.2 Å². The molecule has 3 unspecified atom stereocenters. The highest BCUT2D eigenvalue weighted by Gasteiger charge is 2.30. The van der Waals surface area contributed by atoms with Gasteiger partial charge < -0.3 is 33.8 Å². The minimum absolute atomic E-state index is 0.102. The molecule has 89 heavy (non-hydrogen) atoms. The lowest BCUT2D eigenvalue weighted by atomic mass is 10.00. The Morgan fingerprint density at radius 1 is 0.315 bits per heavy atom. The maximum Gasteiger partial charge on any atom is 0.472 e. The lowest BCUT2D eigenvalue weighted by Crippen LogP contribution is -2.30. The molecule has 0 fully saturated rings. The van der Waals surface area contributed by atoms with E-state index in [1.54, 1.807) is 0 Å². The van der Waals surface area contributed by atoms with Crippen LogP contribution in [0.3, 0.4) is 0 Å². The number of hydrogen-bond donors (Lipinski definition) is 3. The Balaban J connectivity index is 5.20. The second kappa shape index (κ2) is 59.8. The normalized spacial score (nSPS) is 14.6. The van der Waals surface area contributed by atoms with Gasteiger partial charge >= 0.3 is 39.5 Å². The van der Waals surface area contributed by atoms with Crippen LogP contribution in [0.2, 0.25) is 0 Å². The van der Waals surface area contributed by atoms with E-state index in [1.807, 2.05) is 0 Å². The van der Waals surface area contributed by atoms with Crippen LogP contribution in [0, 0.1) is 23.7 Å². The van der Waals surface area contributed by atoms with Gasteiger partial charge in [-0.1, -0.05) is 293 Å². The Hall–Kier alpha value is -1.94. The van der Waals surface area contributed by atoms with Gasteiger partial charge in [0.25, 0.3) is 0 Å². The molecule has 0 aliphatic rings. The first-order chi connectivity index (χ1) is 42.6. The van der Waals surface area contributed by atoms with Crippen LogP contribution in [0.15, 0.2) is 0 Å². The molecule has 0 spiro atoms. The first-order valence-electron chi connectivity index (χ1n) is 36.2. The van der Waals surface area contributed by atoms with Gasteiger partial charge in [-0.3, -0.25) is 37.3 Å². The Kier molecular flexibility index (Phi) is 58.5. The predicted molar refractivity (Wildman–Crippen MR) is 358 cm³/mol. The fourth-order valence-corrected chi connectivity index (χ4v) is 12.0. The summed E-state index contributed by atoms with van der Waals surface area (Å²) in [6.45, 7) is 14.0. The van der Waals surface area contributed by atoms with Crippen LogP contribution in [-0.4, -0.2) is 96.7 Å². The van der Waals surface area contributed by atoms with E-state index < -0.39 is 97.5 Å². The van der Waals surface area contributed by atoms with Gasteiger partial charge in [-0.2, -0.15) is 0 Å². The number of ether oxygens (including phenoxy) is 4. The average molecular weight is 1310 g/mol. The number of carbonyl (C=O) groups is 4. The number of phosphoric ester groups is 2. The van der Waals surface area contributed by atoms with Crippen molar-refractivity contribution in [2.24, 2.45) is 23.7 Å². The van der Waals surface area contributed by atoms with Gasteiger partial charge in [0.05, 0.1) is 26.4 Å². The fourth-order valence-electron chi connectivity index (χ4n) is 10.5. The molecule has 0 aromatic carbocycles. The number of rotatable bonds is 67. The van der Waals surface area contributed by atoms with Crippen molar-refractivity contribution >= 4 is 39.5 Å². The van der Waals surface area contributed by atoms with Crippen molar-refractivity contribution in [3.8, 4) is 0 Å². The van der Waals surface area contributed by atoms with Crippen LogP contribution in [0.4, 0.5) is 0 Å². The van der Waals surface area contributed by atoms with E-state index in [9.17, 15) is 43.2 Å². The molecule has 0 bridgehead atoms. The zero-order chi connectivity index (χ0) is 66.1. The van der Waals surface area contributed by atoms with Crippen LogP contribution in [0.1, 0.15) is 344 Å². The predicted octanol–water partition coefficient (Wildman–Crippen LogP) is 19.7. The highest BCUT2D eigenvalue weighted by atomic mass is 31.2. The van der Waals surface area contributed by atoms with Gasteiger partial charge in [-0.25, -0.2) is 9.13 Å². The van der Waals surface area contributed by atoms with Crippen LogP contribution in [0.25, 0.3) is 0 Å². The molecule has 0 saturated carbocycles. The Morgan fingerprint density at radius 2 is 0.539 bits per heavy atom. The minimum atomic E-state index is -4.95. The maximum atomic E-state index is 13.0. The van der Waals surface area contributed by atoms with Crippen molar-refractivity contribution in [2.75, 3.05) is 39.6 Å². The highest BCUT2D eigenvalue weighted by molar-refractivity contribution is 7.47. The molecular formula is C70H136O17P2. The highest BCUT2D eigenvalue weighted by Crippen LogP contribution is 2.45. The number of carbonyl (C=O) groups excluding carboxylic acids is 4. The van der Waals surface area contributed by atoms with Gasteiger partial charge in [0, 0.05) is 25.7 Å². The number of aliphatic hydroxyl groups excluding tert-OH is 1. The van der Waals surface area contributed by atoms with Gasteiger partial charge in [0.1, 0.15) is 19.3 Å². The number of esters is 4. The van der Waals surface area contributed by atoms with Crippen molar-refractivity contribution in [3.05, 3.63) is 0 Å². The quantitative estimate of drug-likeness (QED) is 0.0222. The van der Waals surface area contributed by atoms with E-state index in [1.165, 1.54) is 141 Å². The third kappa shape index (κ3) is 63.2. The zero-order valence-electron chi connectivity index (χ0n) is 58.1. The summed E-state index contributed by atoms with van der Waals surface area (Å²) in [5, 5.41) is 10.6. The van der Waals surface area contributed by atoms with Crippen LogP contribution >= 0.6 is 15.6 Å². The summed E-state index contributed by atoms with van der Waals surface area (Å²) >= 11 is 0. The van der Waals surface area contributed by atoms with Crippen LogP contribution < -0.4 is 0 Å². The Bertz CT molecular complexity index is 1770. The molecule has 0 rings (SSSR count). The summed E-state index contributed by atoms with van der Waals surface area (Å²) < 4.78 is 68.2. The third-order valence-corrected chi connectivity index (χ3v) is 18.3. The molecule has 17 nitrogen and oxygen atoms in total. The monoisotopic (exact) mass is 1310 g/mol. The molecule has 0 amide bonds. The van der Waals surface area contributed by atoms with E-state index in [0.29, 0.717) is 31.6 Å². The summed E-state index contributed by atoms with van der Waals surface area (Å²) in [6.07, 6.45) is 41.9. The lowest BCUT2D eigenvalue weighted by molar-refractivity contribution is -0.161. The van der Waals surface area contributed by atoms with Crippen molar-refractivity contribution in [3.63, 3.8) is 0 Å². The van der Waals surface area contributed by atoms with E-state index in [0.717, 1.165) is 114 Å². The lowest BCUT2D eigenvalue weighted by Gasteiger charge is -2.21. The molecule has 0 aromatic rings. The van der Waals surface area contributed by atoms with Gasteiger partial charge in [0.15, 0.2) is 12.2 Å². The van der Waals surface area contributed by atoms with Crippen molar-refractivity contribution in [1.82, 2.24) is 0 Å². The van der Waals surface area contributed by atoms with Crippen LogP contribution in [-0.2, 0) is 65.4 Å². The van der Waals surface area contributed by atoms with E-state index in [4.69, 9.17) is 37.0 Å². The average Bonchev–Trinajstić information content (AvgIpc) is 3.57. The number of unbranched alkanes of at least 4 members (excludes halogenated alkanes) is 32. The Morgan fingerprint density at radius 3 is 0.798 bits per heavy atom. The summed E-state index contributed by atoms with van der Waals surface area (Å²) in [4.78, 5) is 72.5. The maximum absolute atomic E-state index is 13.0. The Labute approximate surface area is 543 Å². The minimum Gasteiger partial charge on any atom is -0.462 e. The first-order valence-corrected chi connectivity index (χ1v) is 39.2. The summed E-state index contributed by atoms with van der Waals surface area (Å²) in [6, 6.07) is 0. The van der Waals surface area contributed by atoms with E-state index >= 15 is 0 Å². The molecule has 0 saturated heterocycles. The molecule has 19 heteroatoms. The number of hydrogen-bond acceptors (Lipinski definition) is 15. The molecule has 3 N–H and O–H groups in total. The second-order valence-corrected chi connectivity index (χ2v) is 29.8. The standard InChI is InChI=1S/C70H136O17P2/c1-9-63(8)49-41-33-28-29-35-43-51-68(73)81-57-66(87-70(75)53-45-37-27-21-24-32-40-48-62(6)7)59-85-89(78,79)83-55-64(71)54-82-88(76,77)84-58-65(86-69(74)52-44-36-26-20-19-23-31-39-47-61(4)5)56-80-67(72)50-42-34-25-18-16-14-12-10-11-13-15-17-22-30-38-46-60(2)3/h60-66,71H,9-59H2,1-8H3,(H,76,77)(H,78,79)/t63?,64-,65-,66-/m1/s1. The first kappa shape index (κ1) is 87.1. The molecule has 0 aromatic heterocycles. The smallest absolute Gasteiger partial charge is 0.462 e. The molecule has 0 aliphatic heterocycles. The molecule has 0 heterocycles. The fraction of sp³-hybridized carbons (Fsp3) is 0.943. The van der Waals surface area contributed by atoms with Crippen molar-refractivity contribution in [2.45, 2.75) is 363 Å². The van der Waals surface area contributed by atoms with Gasteiger partial charge in [0.2, 0.25) is 0 Å². The number of aliphatic hydroxyl groups is 1. The zero-order valence-corrected chi connectivity index (χ0v) is 59.8. The molecular weight excluding hydrogens is 1170 g/mol. The molecule has 6 atom stereocenters. The topological polar surface area (TPSA) is 237 Å². The number of phosphoric acid groups is 2. The molecule has 528 valence electrons. The largest absolute Gasteiger partial charge is 0.472 e. The van der Waals surface area contributed by atoms with E-state index in [-0.39, 0.29) is 25.7 Å². The van der Waals surface area contributed by atoms with Gasteiger partial charge in [-0.15, -0.1) is 0 Å².